The third kappa shape index (κ3) is 3.18. The van der Waals surface area contributed by atoms with E-state index in [0.29, 0.717) is 17.2 Å². The summed E-state index contributed by atoms with van der Waals surface area (Å²) < 4.78 is 2.15. The maximum atomic E-state index is 13.3. The molecule has 0 aliphatic carbocycles. The van der Waals surface area contributed by atoms with Gasteiger partial charge in [0.2, 0.25) is 5.91 Å². The van der Waals surface area contributed by atoms with Gasteiger partial charge in [0.1, 0.15) is 11.4 Å². The molecule has 4 aromatic rings. The van der Waals surface area contributed by atoms with Crippen molar-refractivity contribution < 1.29 is 4.79 Å². The number of nitrogens with zero attached hydrogens (tertiary/aromatic N) is 4. The molecule has 1 amide bonds. The van der Waals surface area contributed by atoms with Crippen molar-refractivity contribution in [3.63, 3.8) is 0 Å². The fourth-order valence-electron chi connectivity index (χ4n) is 4.94. The first-order chi connectivity index (χ1) is 16.1. The van der Waals surface area contributed by atoms with Gasteiger partial charge in [-0.25, -0.2) is 9.97 Å². The number of H-pyrrole nitrogens is 1. The minimum absolute atomic E-state index is 0.0383. The van der Waals surface area contributed by atoms with Gasteiger partial charge < -0.3 is 14.5 Å². The zero-order valence-corrected chi connectivity index (χ0v) is 20.4. The highest BCUT2D eigenvalue weighted by molar-refractivity contribution is 6.10. The number of anilines is 1. The first kappa shape index (κ1) is 22.1. The number of aromatic amines is 1. The number of carbonyl (C=O) groups is 1. The highest BCUT2D eigenvalue weighted by atomic mass is 16.2. The zero-order valence-electron chi connectivity index (χ0n) is 20.4. The van der Waals surface area contributed by atoms with Crippen molar-refractivity contribution in [2.45, 2.75) is 59.0 Å². The van der Waals surface area contributed by atoms with Crippen LogP contribution in [0.2, 0.25) is 0 Å². The summed E-state index contributed by atoms with van der Waals surface area (Å²) in [4.78, 5) is 39.5. The van der Waals surface area contributed by atoms with E-state index in [2.05, 4.69) is 39.7 Å². The van der Waals surface area contributed by atoms with E-state index < -0.39 is 5.41 Å². The smallest absolute Gasteiger partial charge is 0.269 e. The molecule has 3 heterocycles. The van der Waals surface area contributed by atoms with Gasteiger partial charge in [-0.05, 0) is 64.8 Å². The summed E-state index contributed by atoms with van der Waals surface area (Å²) in [7, 11) is 0. The third-order valence-corrected chi connectivity index (χ3v) is 6.86. The third-order valence-electron chi connectivity index (χ3n) is 6.86. The minimum atomic E-state index is -0.629. The van der Waals surface area contributed by atoms with Crippen LogP contribution in [-0.4, -0.2) is 31.5 Å². The van der Waals surface area contributed by atoms with Crippen LogP contribution in [0.4, 0.5) is 5.69 Å². The highest BCUT2D eigenvalue weighted by Crippen LogP contribution is 2.45. The summed E-state index contributed by atoms with van der Waals surface area (Å²) in [6, 6.07) is 14.3. The number of benzene rings is 2. The quantitative estimate of drug-likeness (QED) is 0.482. The topological polar surface area (TPSA) is 83.9 Å². The molecule has 5 rings (SSSR count). The second kappa shape index (κ2) is 7.65. The van der Waals surface area contributed by atoms with E-state index in [9.17, 15) is 9.59 Å². The van der Waals surface area contributed by atoms with Crippen molar-refractivity contribution in [3.8, 4) is 11.5 Å². The molecule has 0 spiro atoms. The molecule has 0 fully saturated rings. The molecule has 2 aromatic heterocycles. The fourth-order valence-corrected chi connectivity index (χ4v) is 4.94. The summed E-state index contributed by atoms with van der Waals surface area (Å²) in [5, 5.41) is 0. The number of nitrogens with one attached hydrogen (secondary N) is 1. The lowest BCUT2D eigenvalue weighted by Gasteiger charge is -2.24. The number of carbonyl (C=O) groups excluding carboxylic acids is 1. The standard InChI is InChI=1S/C27H29N5O2/c1-15(2)31-22-13-23-20(12-19(22)27(5,6)26(31)34)30-24(21-14-28-25(33)16(3)29-21)32(23)17(4)18-10-8-7-9-11-18/h7-15,17H,1-6H3,(H,28,33)/t17-/m0/s1. The highest BCUT2D eigenvalue weighted by Gasteiger charge is 2.45. The maximum Gasteiger partial charge on any atom is 0.269 e. The first-order valence-corrected chi connectivity index (χ1v) is 11.6. The van der Waals surface area contributed by atoms with Crippen LogP contribution in [0.25, 0.3) is 22.6 Å². The Bertz CT molecular complexity index is 1480. The zero-order chi connectivity index (χ0) is 24.4. The molecule has 0 bridgehead atoms. The maximum absolute atomic E-state index is 13.3. The lowest BCUT2D eigenvalue weighted by atomic mass is 9.86. The van der Waals surface area contributed by atoms with E-state index in [1.165, 1.54) is 0 Å². The van der Waals surface area contributed by atoms with E-state index >= 15 is 0 Å². The number of imidazole rings is 1. The van der Waals surface area contributed by atoms with Crippen molar-refractivity contribution in [3.05, 3.63) is 75.8 Å². The molecule has 7 heteroatoms. The van der Waals surface area contributed by atoms with Crippen molar-refractivity contribution in [2.75, 3.05) is 4.90 Å². The number of hydrogen-bond acceptors (Lipinski definition) is 4. The summed E-state index contributed by atoms with van der Waals surface area (Å²) >= 11 is 0. The molecule has 1 aliphatic rings. The Kier molecular flexibility index (Phi) is 4.97. The Balaban J connectivity index is 1.83. The Labute approximate surface area is 198 Å². The Morgan fingerprint density at radius 2 is 1.71 bits per heavy atom. The number of aromatic nitrogens is 4. The predicted octanol–water partition coefficient (Wildman–Crippen LogP) is 4.74. The normalized spacial score (nSPS) is 15.9. The van der Waals surface area contributed by atoms with Crippen LogP contribution in [0.15, 0.2) is 53.5 Å². The molecule has 0 radical (unpaired) electrons. The second-order valence-corrected chi connectivity index (χ2v) is 9.84. The molecule has 7 nitrogen and oxygen atoms in total. The van der Waals surface area contributed by atoms with Crippen LogP contribution in [0.1, 0.15) is 57.5 Å². The van der Waals surface area contributed by atoms with Crippen molar-refractivity contribution in [1.82, 2.24) is 19.5 Å². The minimum Gasteiger partial charge on any atom is -0.325 e. The monoisotopic (exact) mass is 455 g/mol. The van der Waals surface area contributed by atoms with Crippen molar-refractivity contribution in [2.24, 2.45) is 0 Å². The van der Waals surface area contributed by atoms with Gasteiger partial charge in [0, 0.05) is 12.2 Å². The number of rotatable bonds is 4. The van der Waals surface area contributed by atoms with Crippen LogP contribution >= 0.6 is 0 Å². The van der Waals surface area contributed by atoms with Gasteiger partial charge in [-0.2, -0.15) is 0 Å². The van der Waals surface area contributed by atoms with Crippen LogP contribution < -0.4 is 10.5 Å². The molecule has 1 N–H and O–H groups in total. The SMILES string of the molecule is Cc1nc(-c2nc3cc4c(cc3n2[C@@H](C)c2ccccc2)N(C(C)C)C(=O)C4(C)C)c[nH]c1=O. The van der Waals surface area contributed by atoms with Gasteiger partial charge >= 0.3 is 0 Å². The number of fused-ring (bicyclic) bond motifs is 2. The lowest BCUT2D eigenvalue weighted by Crippen LogP contribution is -2.40. The molecule has 2 aromatic carbocycles. The fraction of sp³-hybridized carbons (Fsp3) is 0.333. The lowest BCUT2D eigenvalue weighted by molar-refractivity contribution is -0.122. The molecular weight excluding hydrogens is 426 g/mol. The summed E-state index contributed by atoms with van der Waals surface area (Å²) in [6.07, 6.45) is 1.62. The number of aryl methyl sites for hydroxylation is 1. The van der Waals surface area contributed by atoms with Crippen molar-refractivity contribution >= 4 is 22.6 Å². The molecule has 1 aliphatic heterocycles. The summed E-state index contributed by atoms with van der Waals surface area (Å²) in [6.45, 7) is 11.8. The molecule has 1 atom stereocenters. The molecule has 0 saturated carbocycles. The van der Waals surface area contributed by atoms with Crippen LogP contribution in [0.3, 0.4) is 0 Å². The van der Waals surface area contributed by atoms with E-state index in [1.807, 2.05) is 56.9 Å². The van der Waals surface area contributed by atoms with Crippen molar-refractivity contribution in [1.29, 1.82) is 0 Å². The van der Waals surface area contributed by atoms with Gasteiger partial charge in [0.05, 0.1) is 28.2 Å². The average molecular weight is 456 g/mol. The van der Waals surface area contributed by atoms with Gasteiger partial charge in [-0.15, -0.1) is 0 Å². The second-order valence-electron chi connectivity index (χ2n) is 9.84. The number of amides is 1. The van der Waals surface area contributed by atoms with Gasteiger partial charge in [-0.1, -0.05) is 30.3 Å². The van der Waals surface area contributed by atoms with E-state index in [0.717, 1.165) is 27.8 Å². The first-order valence-electron chi connectivity index (χ1n) is 11.6. The molecule has 34 heavy (non-hydrogen) atoms. The predicted molar refractivity (Wildman–Crippen MR) is 134 cm³/mol. The van der Waals surface area contributed by atoms with E-state index in [-0.39, 0.29) is 23.6 Å². The largest absolute Gasteiger partial charge is 0.325 e. The summed E-state index contributed by atoms with van der Waals surface area (Å²) in [5.74, 6) is 0.778. The molecule has 174 valence electrons. The Morgan fingerprint density at radius 3 is 2.35 bits per heavy atom. The van der Waals surface area contributed by atoms with Gasteiger partial charge in [0.25, 0.3) is 5.56 Å². The average Bonchev–Trinajstić information content (AvgIpc) is 3.27. The molecular formula is C27H29N5O2. The van der Waals surface area contributed by atoms with Gasteiger partial charge in [0.15, 0.2) is 5.82 Å². The van der Waals surface area contributed by atoms with Crippen LogP contribution in [0, 0.1) is 6.92 Å². The van der Waals surface area contributed by atoms with Crippen LogP contribution in [-0.2, 0) is 10.2 Å². The Hall–Kier alpha value is -3.74. The van der Waals surface area contributed by atoms with Gasteiger partial charge in [-0.3, -0.25) is 9.59 Å². The molecule has 0 saturated heterocycles. The number of hydrogen-bond donors (Lipinski definition) is 1. The van der Waals surface area contributed by atoms with E-state index in [1.54, 1.807) is 13.1 Å². The van der Waals surface area contributed by atoms with E-state index in [4.69, 9.17) is 4.98 Å². The molecule has 0 unspecified atom stereocenters. The summed E-state index contributed by atoms with van der Waals surface area (Å²) in [5.41, 5.74) is 4.91. The van der Waals surface area contributed by atoms with Crippen LogP contribution in [0.5, 0.6) is 0 Å². The Morgan fingerprint density at radius 1 is 1.00 bits per heavy atom.